The van der Waals surface area contributed by atoms with E-state index in [1.54, 1.807) is 0 Å². The van der Waals surface area contributed by atoms with E-state index in [1.807, 2.05) is 0 Å². The van der Waals surface area contributed by atoms with E-state index < -0.39 is 10.1 Å². The van der Waals surface area contributed by atoms with Gasteiger partial charge in [-0.1, -0.05) is 84.0 Å². The monoisotopic (exact) mass is 300 g/mol. The van der Waals surface area contributed by atoms with Crippen molar-refractivity contribution < 1.29 is 33.3 Å². The van der Waals surface area contributed by atoms with E-state index in [0.29, 0.717) is 6.42 Å². The molecule has 0 radical (unpaired) electrons. The van der Waals surface area contributed by atoms with Crippen LogP contribution < -0.4 is 18.9 Å². The van der Waals surface area contributed by atoms with Gasteiger partial charge in [-0.2, -0.15) is 8.42 Å². The zero-order valence-electron chi connectivity index (χ0n) is 14.6. The van der Waals surface area contributed by atoms with Crippen LogP contribution in [0, 0.1) is 0 Å². The van der Waals surface area contributed by atoms with Crippen molar-refractivity contribution in [1.29, 1.82) is 0 Å². The summed E-state index contributed by atoms with van der Waals surface area (Å²) >= 11 is 0. The number of hydrogen-bond donors (Lipinski definition) is 1. The first-order chi connectivity index (χ1) is 9.06. The Kier molecular flexibility index (Phi) is 18.1. The third-order valence-electron chi connectivity index (χ3n) is 3.51. The maximum Gasteiger partial charge on any atom is 1.00 e. The summed E-state index contributed by atoms with van der Waals surface area (Å²) in [5.41, 5.74) is 0. The van der Waals surface area contributed by atoms with Gasteiger partial charge < -0.3 is 1.43 Å². The molecule has 0 aromatic carbocycles. The van der Waals surface area contributed by atoms with Gasteiger partial charge in [-0.15, -0.1) is 0 Å². The first-order valence-electron chi connectivity index (χ1n) is 8.01. The van der Waals surface area contributed by atoms with Crippen molar-refractivity contribution in [2.75, 3.05) is 5.75 Å². The predicted molar refractivity (Wildman–Crippen MR) is 83.2 cm³/mol. The van der Waals surface area contributed by atoms with Crippen LogP contribution in [-0.4, -0.2) is 18.7 Å². The van der Waals surface area contributed by atoms with Crippen LogP contribution >= 0.6 is 0 Å². The van der Waals surface area contributed by atoms with Crippen LogP contribution in [0.5, 0.6) is 0 Å². The molecular formula is C15H33LiO3S. The fourth-order valence-corrected chi connectivity index (χ4v) is 2.87. The van der Waals surface area contributed by atoms with Crippen LogP contribution in [-0.2, 0) is 10.1 Å². The minimum absolute atomic E-state index is 0. The number of unbranched alkanes of at least 4 members (excludes halogenated alkanes) is 12. The van der Waals surface area contributed by atoms with Crippen molar-refractivity contribution in [2.45, 2.75) is 90.4 Å². The smallest absolute Gasteiger partial charge is 1.00 e. The summed E-state index contributed by atoms with van der Waals surface area (Å²) in [5, 5.41) is 0. The summed E-state index contributed by atoms with van der Waals surface area (Å²) in [6.45, 7) is 2.25. The molecule has 0 saturated carbocycles. The Morgan fingerprint density at radius 3 is 1.30 bits per heavy atom. The summed E-state index contributed by atoms with van der Waals surface area (Å²) < 4.78 is 29.5. The number of rotatable bonds is 14. The van der Waals surface area contributed by atoms with Gasteiger partial charge in [-0.05, 0) is 6.42 Å². The summed E-state index contributed by atoms with van der Waals surface area (Å²) in [6.07, 6.45) is 15.9. The molecule has 0 aliphatic rings. The zero-order chi connectivity index (χ0) is 14.4. The van der Waals surface area contributed by atoms with E-state index in [4.69, 9.17) is 4.55 Å². The molecule has 0 aromatic heterocycles. The fraction of sp³-hybridized carbons (Fsp3) is 1.00. The predicted octanol–water partition coefficient (Wildman–Crippen LogP) is 2.08. The molecular weight excluding hydrogens is 267 g/mol. The van der Waals surface area contributed by atoms with Gasteiger partial charge in [0.2, 0.25) is 0 Å². The summed E-state index contributed by atoms with van der Waals surface area (Å²) in [5.74, 6) is -0.0786. The molecule has 0 unspecified atom stereocenters. The van der Waals surface area contributed by atoms with Gasteiger partial charge in [0.1, 0.15) is 0 Å². The van der Waals surface area contributed by atoms with Crippen LogP contribution in [0.2, 0.25) is 0 Å². The van der Waals surface area contributed by atoms with Crippen molar-refractivity contribution in [2.24, 2.45) is 0 Å². The van der Waals surface area contributed by atoms with Crippen LogP contribution in [0.4, 0.5) is 0 Å². The second kappa shape index (κ2) is 15.9. The molecule has 0 amide bonds. The van der Waals surface area contributed by atoms with Crippen LogP contribution in [0.1, 0.15) is 91.8 Å². The summed E-state index contributed by atoms with van der Waals surface area (Å²) in [4.78, 5) is 0. The normalized spacial score (nSPS) is 11.3. The molecule has 20 heavy (non-hydrogen) atoms. The quantitative estimate of drug-likeness (QED) is 0.303. The van der Waals surface area contributed by atoms with Gasteiger partial charge in [0.15, 0.2) is 0 Å². The van der Waals surface area contributed by atoms with Gasteiger partial charge in [-0.3, -0.25) is 4.55 Å². The van der Waals surface area contributed by atoms with E-state index in [9.17, 15) is 8.42 Å². The maximum atomic E-state index is 10.5. The minimum Gasteiger partial charge on any atom is -1.00 e. The van der Waals surface area contributed by atoms with E-state index in [2.05, 4.69) is 6.92 Å². The van der Waals surface area contributed by atoms with Gasteiger partial charge in [0.25, 0.3) is 10.1 Å². The van der Waals surface area contributed by atoms with E-state index in [1.165, 1.54) is 64.2 Å². The number of hydrogen-bond acceptors (Lipinski definition) is 2. The van der Waals surface area contributed by atoms with Crippen LogP contribution in [0.3, 0.4) is 0 Å². The molecule has 0 fully saturated rings. The largest absolute Gasteiger partial charge is 1.00 e. The Morgan fingerprint density at radius 2 is 1.00 bits per heavy atom. The Bertz CT molecular complexity index is 285. The van der Waals surface area contributed by atoms with Crippen molar-refractivity contribution in [1.82, 2.24) is 0 Å². The Morgan fingerprint density at radius 1 is 0.700 bits per heavy atom. The second-order valence-corrected chi connectivity index (χ2v) is 7.10. The third kappa shape index (κ3) is 20.8. The molecule has 0 saturated heterocycles. The molecule has 0 spiro atoms. The zero-order valence-corrected chi connectivity index (χ0v) is 14.4. The van der Waals surface area contributed by atoms with Crippen molar-refractivity contribution in [3.8, 4) is 0 Å². The Balaban J connectivity index is -0.00000162. The molecule has 0 rings (SSSR count). The molecule has 0 aliphatic heterocycles. The molecule has 118 valence electrons. The van der Waals surface area contributed by atoms with Gasteiger partial charge in [0, 0.05) is 0 Å². The topological polar surface area (TPSA) is 54.4 Å². The average molecular weight is 300 g/mol. The first kappa shape index (κ1) is 22.8. The first-order valence-corrected chi connectivity index (χ1v) is 9.62. The summed E-state index contributed by atoms with van der Waals surface area (Å²) in [6, 6.07) is 0. The van der Waals surface area contributed by atoms with Crippen LogP contribution in [0.25, 0.3) is 0 Å². The van der Waals surface area contributed by atoms with E-state index in [-0.39, 0.29) is 26.0 Å². The Labute approximate surface area is 139 Å². The van der Waals surface area contributed by atoms with Crippen molar-refractivity contribution >= 4 is 10.1 Å². The molecule has 5 heteroatoms. The SMILES string of the molecule is CCCCCCCCCCCCCCCS(=O)(=O)O.[H-].[Li+]. The van der Waals surface area contributed by atoms with Crippen molar-refractivity contribution in [3.05, 3.63) is 0 Å². The molecule has 0 aromatic rings. The molecule has 0 atom stereocenters. The van der Waals surface area contributed by atoms with Gasteiger partial charge >= 0.3 is 18.9 Å². The van der Waals surface area contributed by atoms with Gasteiger partial charge in [0.05, 0.1) is 5.75 Å². The Hall–Kier alpha value is 0.507. The standard InChI is InChI=1S/C15H32O3S.Li.H/c1-2-3-4-5-6-7-8-9-10-11-12-13-14-15-19(16,17)18;;/h2-15H2,1H3,(H,16,17,18);;/q;+1;-1. The average Bonchev–Trinajstić information content (AvgIpc) is 2.34. The van der Waals surface area contributed by atoms with E-state index >= 15 is 0 Å². The second-order valence-electron chi connectivity index (χ2n) is 5.53. The van der Waals surface area contributed by atoms with Crippen molar-refractivity contribution in [3.63, 3.8) is 0 Å². The van der Waals surface area contributed by atoms with Gasteiger partial charge in [-0.25, -0.2) is 0 Å². The minimum atomic E-state index is -3.74. The van der Waals surface area contributed by atoms with Crippen LogP contribution in [0.15, 0.2) is 0 Å². The molecule has 1 N–H and O–H groups in total. The fourth-order valence-electron chi connectivity index (χ4n) is 2.30. The summed E-state index contributed by atoms with van der Waals surface area (Å²) in [7, 11) is -3.74. The third-order valence-corrected chi connectivity index (χ3v) is 4.31. The molecule has 0 bridgehead atoms. The maximum absolute atomic E-state index is 10.5. The molecule has 0 aliphatic carbocycles. The molecule has 0 heterocycles. The van der Waals surface area contributed by atoms with E-state index in [0.717, 1.165) is 12.8 Å². The molecule has 3 nitrogen and oxygen atoms in total.